The molecule has 1 aliphatic rings. The van der Waals surface area contributed by atoms with Crippen molar-refractivity contribution in [1.82, 2.24) is 5.32 Å². The molecule has 0 spiro atoms. The Hall–Kier alpha value is -3.25. The molecular weight excluding hydrogens is 471 g/mol. The lowest BCUT2D eigenvalue weighted by molar-refractivity contribution is -0.143. The molecule has 0 saturated heterocycles. The van der Waals surface area contributed by atoms with Crippen LogP contribution in [0.3, 0.4) is 0 Å². The smallest absolute Gasteiger partial charge is 0.382 e. The molecule has 0 aromatic heterocycles. The molecule has 1 aliphatic heterocycles. The highest BCUT2D eigenvalue weighted by Gasteiger charge is 2.38. The monoisotopic (exact) mass is 484 g/mol. The second-order valence-corrected chi connectivity index (χ2v) is 7.01. The summed E-state index contributed by atoms with van der Waals surface area (Å²) in [5, 5.41) is 5.61. The van der Waals surface area contributed by atoms with Gasteiger partial charge in [0, 0.05) is 18.5 Å². The lowest BCUT2D eigenvalue weighted by atomic mass is 9.99. The molecule has 2 aromatic rings. The van der Waals surface area contributed by atoms with Crippen molar-refractivity contribution < 1.29 is 49.1 Å². The number of rotatable bonds is 4. The maximum absolute atomic E-state index is 13.2. The standard InChI is InChI=1S/C20H13F9N2O2/c21-18(22,23)11-5-10(6-12(7-11)19(24,25)26)9-30-17(32)16-8-15(31-33-16)13-3-1-2-4-14(13)20(27,28)29/h1-7,16H,8-9H2,(H,30,32). The minimum Gasteiger partial charge on any atom is -0.382 e. The molecule has 1 heterocycles. The number of hydrogen-bond acceptors (Lipinski definition) is 3. The molecule has 33 heavy (non-hydrogen) atoms. The highest BCUT2D eigenvalue weighted by molar-refractivity contribution is 6.05. The number of nitrogens with zero attached hydrogens (tertiary/aromatic N) is 1. The lowest BCUT2D eigenvalue weighted by Gasteiger charge is -2.15. The second kappa shape index (κ2) is 8.60. The predicted octanol–water partition coefficient (Wildman–Crippen LogP) is 5.55. The van der Waals surface area contributed by atoms with E-state index in [1.54, 1.807) is 0 Å². The van der Waals surface area contributed by atoms with Crippen molar-refractivity contribution in [1.29, 1.82) is 0 Å². The van der Waals surface area contributed by atoms with E-state index >= 15 is 0 Å². The fraction of sp³-hybridized carbons (Fsp3) is 0.300. The van der Waals surface area contributed by atoms with Gasteiger partial charge in [0.2, 0.25) is 6.10 Å². The second-order valence-electron chi connectivity index (χ2n) is 7.01. The van der Waals surface area contributed by atoms with Gasteiger partial charge in [0.05, 0.1) is 22.4 Å². The number of halogens is 9. The Bertz CT molecular complexity index is 1040. The molecule has 0 radical (unpaired) electrons. The maximum atomic E-state index is 13.2. The first kappa shape index (κ1) is 24.4. The lowest BCUT2D eigenvalue weighted by Crippen LogP contribution is -2.34. The topological polar surface area (TPSA) is 50.7 Å². The van der Waals surface area contributed by atoms with Crippen LogP contribution < -0.4 is 5.32 Å². The molecule has 0 bridgehead atoms. The zero-order valence-corrected chi connectivity index (χ0v) is 16.2. The zero-order chi connectivity index (χ0) is 24.6. The van der Waals surface area contributed by atoms with Crippen LogP contribution in [0.5, 0.6) is 0 Å². The molecule has 1 unspecified atom stereocenters. The van der Waals surface area contributed by atoms with E-state index in [1.165, 1.54) is 6.07 Å². The summed E-state index contributed by atoms with van der Waals surface area (Å²) >= 11 is 0. The predicted molar refractivity (Wildman–Crippen MR) is 95.8 cm³/mol. The number of hydrogen-bond donors (Lipinski definition) is 1. The van der Waals surface area contributed by atoms with E-state index in [0.717, 1.165) is 18.2 Å². The average Bonchev–Trinajstić information content (AvgIpc) is 3.20. The Morgan fingerprint density at radius 2 is 1.48 bits per heavy atom. The van der Waals surface area contributed by atoms with Gasteiger partial charge in [0.15, 0.2) is 0 Å². The number of nitrogens with one attached hydrogen (secondary N) is 1. The van der Waals surface area contributed by atoms with E-state index in [2.05, 4.69) is 10.5 Å². The first-order valence-electron chi connectivity index (χ1n) is 9.11. The summed E-state index contributed by atoms with van der Waals surface area (Å²) in [5.41, 5.74) is -5.07. The minimum atomic E-state index is -5.05. The molecule has 2 aromatic carbocycles. The van der Waals surface area contributed by atoms with Crippen LogP contribution in [-0.2, 0) is 34.7 Å². The summed E-state index contributed by atoms with van der Waals surface area (Å²) in [7, 11) is 0. The molecule has 178 valence electrons. The largest absolute Gasteiger partial charge is 0.417 e. The molecular formula is C20H13F9N2O2. The average molecular weight is 484 g/mol. The summed E-state index contributed by atoms with van der Waals surface area (Å²) in [6.07, 6.45) is -16.6. The van der Waals surface area contributed by atoms with Gasteiger partial charge in [-0.1, -0.05) is 23.4 Å². The number of benzene rings is 2. The summed E-state index contributed by atoms with van der Waals surface area (Å²) in [6.45, 7) is -0.708. The molecule has 13 heteroatoms. The molecule has 1 atom stereocenters. The van der Waals surface area contributed by atoms with Crippen molar-refractivity contribution in [2.45, 2.75) is 37.6 Å². The van der Waals surface area contributed by atoms with E-state index in [9.17, 15) is 44.3 Å². The van der Waals surface area contributed by atoms with Crippen LogP contribution in [0.15, 0.2) is 47.6 Å². The van der Waals surface area contributed by atoms with Crippen LogP contribution in [0.2, 0.25) is 0 Å². The Kier molecular flexibility index (Phi) is 6.35. The summed E-state index contributed by atoms with van der Waals surface area (Å²) in [6, 6.07) is 5.29. The number of carbonyl (C=O) groups is 1. The first-order valence-corrected chi connectivity index (χ1v) is 9.11. The molecule has 3 rings (SSSR count). The van der Waals surface area contributed by atoms with Gasteiger partial charge in [-0.25, -0.2) is 0 Å². The first-order chi connectivity index (χ1) is 15.2. The normalized spacial score (nSPS) is 16.9. The highest BCUT2D eigenvalue weighted by Crippen LogP contribution is 2.36. The molecule has 0 fully saturated rings. The maximum Gasteiger partial charge on any atom is 0.417 e. The van der Waals surface area contributed by atoms with Gasteiger partial charge in [0.25, 0.3) is 5.91 Å². The van der Waals surface area contributed by atoms with Gasteiger partial charge in [0.1, 0.15) is 0 Å². The van der Waals surface area contributed by atoms with E-state index in [0.29, 0.717) is 12.1 Å². The number of alkyl halides is 9. The third-order valence-corrected chi connectivity index (χ3v) is 4.62. The number of amides is 1. The van der Waals surface area contributed by atoms with E-state index < -0.39 is 59.3 Å². The SMILES string of the molecule is O=C(NCc1cc(C(F)(F)F)cc(C(F)(F)F)c1)C1CC(c2ccccc2C(F)(F)F)=NO1. The fourth-order valence-electron chi connectivity index (χ4n) is 3.08. The van der Waals surface area contributed by atoms with Crippen LogP contribution in [-0.4, -0.2) is 17.7 Å². The van der Waals surface area contributed by atoms with Crippen molar-refractivity contribution in [2.24, 2.45) is 5.16 Å². The van der Waals surface area contributed by atoms with E-state index in [-0.39, 0.29) is 23.8 Å². The van der Waals surface area contributed by atoms with E-state index in [4.69, 9.17) is 4.84 Å². The van der Waals surface area contributed by atoms with Gasteiger partial charge in [-0.15, -0.1) is 0 Å². The molecule has 4 nitrogen and oxygen atoms in total. The van der Waals surface area contributed by atoms with Crippen LogP contribution in [0.25, 0.3) is 0 Å². The van der Waals surface area contributed by atoms with Crippen LogP contribution in [0.4, 0.5) is 39.5 Å². The van der Waals surface area contributed by atoms with Crippen LogP contribution in [0.1, 0.15) is 34.2 Å². The molecule has 1 N–H and O–H groups in total. The number of carbonyl (C=O) groups excluding carboxylic acids is 1. The molecule has 0 saturated carbocycles. The van der Waals surface area contributed by atoms with Crippen LogP contribution >= 0.6 is 0 Å². The van der Waals surface area contributed by atoms with Gasteiger partial charge < -0.3 is 10.2 Å². The quantitative estimate of drug-likeness (QED) is 0.579. The molecule has 1 amide bonds. The van der Waals surface area contributed by atoms with E-state index in [1.807, 2.05) is 0 Å². The third kappa shape index (κ3) is 5.76. The van der Waals surface area contributed by atoms with Crippen molar-refractivity contribution >= 4 is 11.6 Å². The van der Waals surface area contributed by atoms with Crippen molar-refractivity contribution in [2.75, 3.05) is 0 Å². The Morgan fingerprint density at radius 3 is 2.03 bits per heavy atom. The van der Waals surface area contributed by atoms with Gasteiger partial charge in [-0.05, 0) is 29.8 Å². The summed E-state index contributed by atoms with van der Waals surface area (Å²) in [5.74, 6) is -0.968. The Labute approximate surface area is 180 Å². The van der Waals surface area contributed by atoms with Crippen molar-refractivity contribution in [3.63, 3.8) is 0 Å². The van der Waals surface area contributed by atoms with Gasteiger partial charge >= 0.3 is 18.5 Å². The van der Waals surface area contributed by atoms with Crippen LogP contribution in [0, 0.1) is 0 Å². The highest BCUT2D eigenvalue weighted by atomic mass is 19.4. The fourth-order valence-corrected chi connectivity index (χ4v) is 3.08. The summed E-state index contributed by atoms with van der Waals surface area (Å²) < 4.78 is 117. The zero-order valence-electron chi connectivity index (χ0n) is 16.2. The molecule has 0 aliphatic carbocycles. The van der Waals surface area contributed by atoms with Gasteiger partial charge in [-0.3, -0.25) is 4.79 Å². The minimum absolute atomic E-state index is 0.0520. The van der Waals surface area contributed by atoms with Crippen molar-refractivity contribution in [3.8, 4) is 0 Å². The van der Waals surface area contributed by atoms with Crippen molar-refractivity contribution in [3.05, 3.63) is 70.3 Å². The number of oxime groups is 1. The Balaban J connectivity index is 1.71. The third-order valence-electron chi connectivity index (χ3n) is 4.62. The summed E-state index contributed by atoms with van der Waals surface area (Å²) in [4.78, 5) is 17.1. The van der Waals surface area contributed by atoms with Gasteiger partial charge in [-0.2, -0.15) is 39.5 Å². The Morgan fingerprint density at radius 1 is 0.909 bits per heavy atom.